The fraction of sp³-hybridized carbons (Fsp3) is 0.600. The molecule has 1 aromatic carbocycles. The molecule has 0 aliphatic carbocycles. The van der Waals surface area contributed by atoms with Crippen molar-refractivity contribution in [3.63, 3.8) is 0 Å². The molecule has 2 rings (SSSR count). The molecular weight excluding hydrogens is 240 g/mol. The molecule has 2 N–H and O–H groups in total. The minimum Gasteiger partial charge on any atom is -0.504 e. The molecule has 0 bridgehead atoms. The number of rotatable bonds is 4. The monoisotopic (exact) mass is 264 g/mol. The number of phenols is 1. The Morgan fingerprint density at radius 2 is 1.95 bits per heavy atom. The molecule has 0 atom stereocenters. The van der Waals surface area contributed by atoms with Crippen molar-refractivity contribution in [1.82, 2.24) is 10.2 Å². The van der Waals surface area contributed by atoms with Crippen LogP contribution < -0.4 is 10.1 Å². The van der Waals surface area contributed by atoms with E-state index in [0.29, 0.717) is 5.75 Å². The number of benzene rings is 1. The molecule has 0 unspecified atom stereocenters. The smallest absolute Gasteiger partial charge is 0.161 e. The molecule has 1 aliphatic rings. The standard InChI is InChI=1S/C15H24N2O2/c1-11-12(2)15(18)14(19-3)10-13(11)4-7-17-8-5-16-6-9-17/h10,16,18H,4-9H2,1-3H3. The van der Waals surface area contributed by atoms with Gasteiger partial charge < -0.3 is 20.1 Å². The summed E-state index contributed by atoms with van der Waals surface area (Å²) < 4.78 is 5.24. The average molecular weight is 264 g/mol. The quantitative estimate of drug-likeness (QED) is 0.864. The van der Waals surface area contributed by atoms with Gasteiger partial charge in [-0.15, -0.1) is 0 Å². The molecular formula is C15H24N2O2. The molecule has 0 amide bonds. The molecule has 4 heteroatoms. The van der Waals surface area contributed by atoms with Crippen molar-refractivity contribution in [1.29, 1.82) is 0 Å². The highest BCUT2D eigenvalue weighted by atomic mass is 16.5. The third kappa shape index (κ3) is 3.19. The second-order valence-corrected chi connectivity index (χ2v) is 5.18. The first-order chi connectivity index (χ1) is 9.13. The van der Waals surface area contributed by atoms with E-state index in [-0.39, 0.29) is 5.75 Å². The van der Waals surface area contributed by atoms with E-state index < -0.39 is 0 Å². The molecule has 19 heavy (non-hydrogen) atoms. The van der Waals surface area contributed by atoms with Gasteiger partial charge in [0.05, 0.1) is 7.11 Å². The Labute approximate surface area is 115 Å². The molecule has 0 radical (unpaired) electrons. The second kappa shape index (κ2) is 6.26. The van der Waals surface area contributed by atoms with Crippen LogP contribution in [0, 0.1) is 13.8 Å². The summed E-state index contributed by atoms with van der Waals surface area (Å²) in [5.41, 5.74) is 3.37. The van der Waals surface area contributed by atoms with Gasteiger partial charge >= 0.3 is 0 Å². The number of phenolic OH excluding ortho intramolecular Hbond substituents is 1. The van der Waals surface area contributed by atoms with E-state index in [4.69, 9.17) is 4.74 Å². The zero-order chi connectivity index (χ0) is 13.8. The van der Waals surface area contributed by atoms with Crippen molar-refractivity contribution in [2.24, 2.45) is 0 Å². The Morgan fingerprint density at radius 1 is 1.26 bits per heavy atom. The van der Waals surface area contributed by atoms with Gasteiger partial charge in [0.1, 0.15) is 0 Å². The van der Waals surface area contributed by atoms with Crippen molar-refractivity contribution in [3.8, 4) is 11.5 Å². The van der Waals surface area contributed by atoms with Crippen LogP contribution in [0.25, 0.3) is 0 Å². The summed E-state index contributed by atoms with van der Waals surface area (Å²) in [4.78, 5) is 2.48. The first kappa shape index (κ1) is 14.2. The summed E-state index contributed by atoms with van der Waals surface area (Å²) in [6, 6.07) is 1.97. The van der Waals surface area contributed by atoms with Crippen LogP contribution in [0.1, 0.15) is 16.7 Å². The molecule has 106 valence electrons. The van der Waals surface area contributed by atoms with Crippen LogP contribution in [0.15, 0.2) is 6.07 Å². The first-order valence-corrected chi connectivity index (χ1v) is 6.92. The summed E-state index contributed by atoms with van der Waals surface area (Å²) >= 11 is 0. The van der Waals surface area contributed by atoms with E-state index in [9.17, 15) is 5.11 Å². The Kier molecular flexibility index (Phi) is 4.66. The minimum atomic E-state index is 0.269. The molecule has 0 saturated carbocycles. The van der Waals surface area contributed by atoms with Crippen molar-refractivity contribution in [3.05, 3.63) is 22.8 Å². The van der Waals surface area contributed by atoms with Gasteiger partial charge in [0, 0.05) is 32.7 Å². The summed E-state index contributed by atoms with van der Waals surface area (Å²) in [6.07, 6.45) is 1.00. The van der Waals surface area contributed by atoms with Crippen molar-refractivity contribution < 1.29 is 9.84 Å². The SMILES string of the molecule is COc1cc(CCN2CCNCC2)c(C)c(C)c1O. The van der Waals surface area contributed by atoms with Gasteiger partial charge in [0.2, 0.25) is 0 Å². The van der Waals surface area contributed by atoms with Crippen LogP contribution >= 0.6 is 0 Å². The molecule has 1 fully saturated rings. The summed E-state index contributed by atoms with van der Waals surface area (Å²) in [7, 11) is 1.60. The Morgan fingerprint density at radius 3 is 2.58 bits per heavy atom. The van der Waals surface area contributed by atoms with Crippen LogP contribution in [-0.2, 0) is 6.42 Å². The van der Waals surface area contributed by atoms with Crippen molar-refractivity contribution in [2.75, 3.05) is 39.8 Å². The molecule has 1 aliphatic heterocycles. The van der Waals surface area contributed by atoms with Gasteiger partial charge in [-0.05, 0) is 43.0 Å². The topological polar surface area (TPSA) is 44.7 Å². The number of hydrogen-bond donors (Lipinski definition) is 2. The summed E-state index contributed by atoms with van der Waals surface area (Å²) in [6.45, 7) is 9.48. The van der Waals surface area contributed by atoms with E-state index >= 15 is 0 Å². The largest absolute Gasteiger partial charge is 0.504 e. The molecule has 0 spiro atoms. The van der Waals surface area contributed by atoms with Gasteiger partial charge in [0.25, 0.3) is 0 Å². The Hall–Kier alpha value is -1.26. The third-order valence-corrected chi connectivity index (χ3v) is 4.06. The van der Waals surface area contributed by atoms with E-state index in [2.05, 4.69) is 17.1 Å². The maximum atomic E-state index is 9.98. The zero-order valence-electron chi connectivity index (χ0n) is 12.1. The third-order valence-electron chi connectivity index (χ3n) is 4.06. The fourth-order valence-electron chi connectivity index (χ4n) is 2.57. The second-order valence-electron chi connectivity index (χ2n) is 5.18. The number of hydrogen-bond acceptors (Lipinski definition) is 4. The van der Waals surface area contributed by atoms with Crippen LogP contribution in [0.2, 0.25) is 0 Å². The first-order valence-electron chi connectivity index (χ1n) is 6.92. The molecule has 1 heterocycles. The van der Waals surface area contributed by atoms with E-state index in [1.54, 1.807) is 7.11 Å². The lowest BCUT2D eigenvalue weighted by Gasteiger charge is -2.27. The highest BCUT2D eigenvalue weighted by molar-refractivity contribution is 5.52. The van der Waals surface area contributed by atoms with Crippen molar-refractivity contribution >= 4 is 0 Å². The minimum absolute atomic E-state index is 0.269. The predicted octanol–water partition coefficient (Wildman–Crippen LogP) is 1.47. The van der Waals surface area contributed by atoms with Crippen LogP contribution in [-0.4, -0.2) is 49.8 Å². The highest BCUT2D eigenvalue weighted by Gasteiger charge is 2.14. The molecule has 1 saturated heterocycles. The summed E-state index contributed by atoms with van der Waals surface area (Å²) in [5.74, 6) is 0.851. The lowest BCUT2D eigenvalue weighted by molar-refractivity contribution is 0.243. The van der Waals surface area contributed by atoms with Gasteiger partial charge in [0.15, 0.2) is 11.5 Å². The normalized spacial score (nSPS) is 16.6. The number of piperazine rings is 1. The van der Waals surface area contributed by atoms with Gasteiger partial charge in [-0.1, -0.05) is 0 Å². The molecule has 4 nitrogen and oxygen atoms in total. The van der Waals surface area contributed by atoms with E-state index in [1.807, 2.05) is 13.0 Å². The number of methoxy groups -OCH3 is 1. The Bertz CT molecular complexity index is 440. The van der Waals surface area contributed by atoms with E-state index in [0.717, 1.165) is 44.7 Å². The van der Waals surface area contributed by atoms with Gasteiger partial charge in [-0.25, -0.2) is 0 Å². The van der Waals surface area contributed by atoms with Gasteiger partial charge in [-0.3, -0.25) is 0 Å². The zero-order valence-corrected chi connectivity index (χ0v) is 12.1. The highest BCUT2D eigenvalue weighted by Crippen LogP contribution is 2.34. The summed E-state index contributed by atoms with van der Waals surface area (Å²) in [5, 5.41) is 13.3. The maximum Gasteiger partial charge on any atom is 0.161 e. The van der Waals surface area contributed by atoms with Crippen LogP contribution in [0.3, 0.4) is 0 Å². The van der Waals surface area contributed by atoms with Crippen molar-refractivity contribution in [2.45, 2.75) is 20.3 Å². The lowest BCUT2D eigenvalue weighted by atomic mass is 9.99. The molecule has 1 aromatic rings. The van der Waals surface area contributed by atoms with Crippen LogP contribution in [0.5, 0.6) is 11.5 Å². The number of nitrogens with one attached hydrogen (secondary N) is 1. The Balaban J connectivity index is 2.08. The van der Waals surface area contributed by atoms with Crippen LogP contribution in [0.4, 0.5) is 0 Å². The molecule has 0 aromatic heterocycles. The number of ether oxygens (including phenoxy) is 1. The average Bonchev–Trinajstić information content (AvgIpc) is 2.45. The fourth-order valence-corrected chi connectivity index (χ4v) is 2.57. The van der Waals surface area contributed by atoms with E-state index in [1.165, 1.54) is 11.1 Å². The predicted molar refractivity (Wildman–Crippen MR) is 77.1 cm³/mol. The maximum absolute atomic E-state index is 9.98. The number of aromatic hydroxyl groups is 1. The van der Waals surface area contributed by atoms with Gasteiger partial charge in [-0.2, -0.15) is 0 Å². The number of nitrogens with zero attached hydrogens (tertiary/aromatic N) is 1. The lowest BCUT2D eigenvalue weighted by Crippen LogP contribution is -2.44.